The van der Waals surface area contributed by atoms with Crippen LogP contribution in [0.5, 0.6) is 0 Å². The molecule has 0 N–H and O–H groups in total. The van der Waals surface area contributed by atoms with E-state index >= 15 is 0 Å². The van der Waals surface area contributed by atoms with E-state index in [0.717, 1.165) is 11.3 Å². The minimum absolute atomic E-state index is 0.0725. The first-order valence-electron chi connectivity index (χ1n) is 8.29. The molecule has 0 saturated carbocycles. The van der Waals surface area contributed by atoms with E-state index in [1.54, 1.807) is 34.8 Å². The lowest BCUT2D eigenvalue weighted by atomic mass is 10.1. The molecule has 1 aromatic heterocycles. The Labute approximate surface area is 147 Å². The Hall–Kier alpha value is -2.19. The molecule has 3 rings (SSSR count). The fraction of sp³-hybridized carbons (Fsp3) is 0.412. The normalized spacial score (nSPS) is 16.2. The summed E-state index contributed by atoms with van der Waals surface area (Å²) >= 11 is 0. The van der Waals surface area contributed by atoms with E-state index in [4.69, 9.17) is 0 Å². The van der Waals surface area contributed by atoms with Crippen molar-refractivity contribution < 1.29 is 13.2 Å². The third kappa shape index (κ3) is 3.74. The molecule has 0 bridgehead atoms. The molecule has 0 unspecified atom stereocenters. The molecule has 1 amide bonds. The van der Waals surface area contributed by atoms with E-state index in [1.807, 2.05) is 25.3 Å². The number of carbonyl (C=O) groups is 1. The minimum atomic E-state index is -3.18. The average molecular weight is 362 g/mol. The number of sulfonamides is 1. The van der Waals surface area contributed by atoms with Gasteiger partial charge in [0, 0.05) is 37.9 Å². The molecule has 0 radical (unpaired) electrons. The van der Waals surface area contributed by atoms with Gasteiger partial charge in [-0.05, 0) is 43.7 Å². The number of hydrogen-bond acceptors (Lipinski definition) is 4. The summed E-state index contributed by atoms with van der Waals surface area (Å²) in [6, 6.07) is 7.28. The first kappa shape index (κ1) is 17.6. The van der Waals surface area contributed by atoms with Crippen molar-refractivity contribution in [2.75, 3.05) is 31.9 Å². The van der Waals surface area contributed by atoms with Gasteiger partial charge in [0.1, 0.15) is 0 Å². The average Bonchev–Trinajstić information content (AvgIpc) is 3.08. The maximum absolute atomic E-state index is 12.6. The molecule has 0 aliphatic carbocycles. The minimum Gasteiger partial charge on any atom is -0.336 e. The maximum Gasteiger partial charge on any atom is 0.253 e. The van der Waals surface area contributed by atoms with Crippen LogP contribution >= 0.6 is 0 Å². The van der Waals surface area contributed by atoms with Gasteiger partial charge in [0.2, 0.25) is 10.0 Å². The van der Waals surface area contributed by atoms with Crippen LogP contribution in [0.2, 0.25) is 0 Å². The molecule has 2 heterocycles. The number of hydrogen-bond donors (Lipinski definition) is 0. The molecule has 1 saturated heterocycles. The smallest absolute Gasteiger partial charge is 0.253 e. The number of rotatable bonds is 4. The van der Waals surface area contributed by atoms with Gasteiger partial charge in [-0.2, -0.15) is 9.40 Å². The van der Waals surface area contributed by atoms with Crippen molar-refractivity contribution in [2.45, 2.75) is 13.8 Å². The number of benzene rings is 1. The SMILES string of the molecule is CCS(=O)(=O)N1CCN(C(=O)c2ccc(-n3cc(C)cn3)cc2)CC1. The van der Waals surface area contributed by atoms with E-state index in [2.05, 4.69) is 5.10 Å². The van der Waals surface area contributed by atoms with Gasteiger partial charge >= 0.3 is 0 Å². The zero-order chi connectivity index (χ0) is 18.0. The Kier molecular flexibility index (Phi) is 4.91. The van der Waals surface area contributed by atoms with Crippen molar-refractivity contribution in [3.05, 3.63) is 47.8 Å². The van der Waals surface area contributed by atoms with Gasteiger partial charge in [-0.15, -0.1) is 0 Å². The third-order valence-corrected chi connectivity index (χ3v) is 6.26. The van der Waals surface area contributed by atoms with E-state index < -0.39 is 10.0 Å². The second-order valence-corrected chi connectivity index (χ2v) is 8.36. The van der Waals surface area contributed by atoms with Crippen molar-refractivity contribution >= 4 is 15.9 Å². The predicted octanol–water partition coefficient (Wildman–Crippen LogP) is 1.29. The highest BCUT2D eigenvalue weighted by Gasteiger charge is 2.28. The van der Waals surface area contributed by atoms with Gasteiger partial charge < -0.3 is 4.90 Å². The molecular weight excluding hydrogens is 340 g/mol. The van der Waals surface area contributed by atoms with E-state index in [0.29, 0.717) is 31.7 Å². The van der Waals surface area contributed by atoms with Gasteiger partial charge in [-0.3, -0.25) is 4.79 Å². The highest BCUT2D eigenvalue weighted by Crippen LogP contribution is 2.14. The molecule has 1 fully saturated rings. The van der Waals surface area contributed by atoms with Crippen LogP contribution in [0.1, 0.15) is 22.8 Å². The monoisotopic (exact) mass is 362 g/mol. The summed E-state index contributed by atoms with van der Waals surface area (Å²) in [5.41, 5.74) is 2.56. The summed E-state index contributed by atoms with van der Waals surface area (Å²) in [4.78, 5) is 14.3. The molecule has 7 nitrogen and oxygen atoms in total. The fourth-order valence-electron chi connectivity index (χ4n) is 2.85. The van der Waals surface area contributed by atoms with Gasteiger partial charge in [0.05, 0.1) is 17.6 Å². The largest absolute Gasteiger partial charge is 0.336 e. The van der Waals surface area contributed by atoms with Crippen molar-refractivity contribution in [3.8, 4) is 5.69 Å². The standard InChI is InChI=1S/C17H22N4O3S/c1-3-25(23,24)20-10-8-19(9-11-20)17(22)15-4-6-16(7-5-15)21-13-14(2)12-18-21/h4-7,12-13H,3,8-11H2,1-2H3. The lowest BCUT2D eigenvalue weighted by Crippen LogP contribution is -2.50. The summed E-state index contributed by atoms with van der Waals surface area (Å²) in [6.07, 6.45) is 3.70. The summed E-state index contributed by atoms with van der Waals surface area (Å²) < 4.78 is 27.0. The number of piperazine rings is 1. The number of aryl methyl sites for hydroxylation is 1. The van der Waals surface area contributed by atoms with Crippen LogP contribution in [0.4, 0.5) is 0 Å². The fourth-order valence-corrected chi connectivity index (χ4v) is 3.93. The Morgan fingerprint density at radius 2 is 1.76 bits per heavy atom. The van der Waals surface area contributed by atoms with Gasteiger partial charge in [0.25, 0.3) is 5.91 Å². The molecule has 0 spiro atoms. The van der Waals surface area contributed by atoms with Gasteiger partial charge in [0.15, 0.2) is 0 Å². The molecule has 1 aliphatic rings. The van der Waals surface area contributed by atoms with Crippen LogP contribution in [-0.4, -0.2) is 65.2 Å². The van der Waals surface area contributed by atoms with Crippen molar-refractivity contribution in [1.82, 2.24) is 19.0 Å². The number of amides is 1. The van der Waals surface area contributed by atoms with Crippen molar-refractivity contribution in [3.63, 3.8) is 0 Å². The van der Waals surface area contributed by atoms with Crippen molar-refractivity contribution in [1.29, 1.82) is 0 Å². The maximum atomic E-state index is 12.6. The molecule has 0 atom stereocenters. The quantitative estimate of drug-likeness (QED) is 0.821. The van der Waals surface area contributed by atoms with Crippen molar-refractivity contribution in [2.24, 2.45) is 0 Å². The number of nitrogens with zero attached hydrogens (tertiary/aromatic N) is 4. The van der Waals surface area contributed by atoms with E-state index in [-0.39, 0.29) is 11.7 Å². The second-order valence-electron chi connectivity index (χ2n) is 6.10. The topological polar surface area (TPSA) is 75.5 Å². The number of aromatic nitrogens is 2. The molecule has 134 valence electrons. The van der Waals surface area contributed by atoms with Crippen LogP contribution in [0.25, 0.3) is 5.69 Å². The van der Waals surface area contributed by atoms with E-state index in [1.165, 1.54) is 4.31 Å². The highest BCUT2D eigenvalue weighted by atomic mass is 32.2. The number of carbonyl (C=O) groups excluding carboxylic acids is 1. The Morgan fingerprint density at radius 1 is 1.12 bits per heavy atom. The lowest BCUT2D eigenvalue weighted by Gasteiger charge is -2.33. The van der Waals surface area contributed by atoms with Crippen LogP contribution in [0.3, 0.4) is 0 Å². The summed E-state index contributed by atoms with van der Waals surface area (Å²) in [6.45, 7) is 5.14. The van der Waals surface area contributed by atoms with Gasteiger partial charge in [-0.25, -0.2) is 13.1 Å². The van der Waals surface area contributed by atoms with Crippen LogP contribution in [-0.2, 0) is 10.0 Å². The molecule has 8 heteroatoms. The molecule has 2 aromatic rings. The second kappa shape index (κ2) is 6.97. The third-order valence-electron chi connectivity index (χ3n) is 4.37. The predicted molar refractivity (Wildman–Crippen MR) is 95.2 cm³/mol. The zero-order valence-electron chi connectivity index (χ0n) is 14.4. The molecule has 25 heavy (non-hydrogen) atoms. The first-order valence-corrected chi connectivity index (χ1v) is 9.90. The molecule has 1 aliphatic heterocycles. The van der Waals surface area contributed by atoms with E-state index in [9.17, 15) is 13.2 Å². The van der Waals surface area contributed by atoms with Crippen LogP contribution in [0, 0.1) is 6.92 Å². The summed E-state index contributed by atoms with van der Waals surface area (Å²) in [5.74, 6) is 0.0201. The zero-order valence-corrected chi connectivity index (χ0v) is 15.2. The Balaban J connectivity index is 1.66. The van der Waals surface area contributed by atoms with Gasteiger partial charge in [-0.1, -0.05) is 0 Å². The van der Waals surface area contributed by atoms with Crippen LogP contribution < -0.4 is 0 Å². The van der Waals surface area contributed by atoms with Crippen LogP contribution in [0.15, 0.2) is 36.7 Å². The summed E-state index contributed by atoms with van der Waals surface area (Å²) in [5, 5.41) is 4.25. The highest BCUT2D eigenvalue weighted by molar-refractivity contribution is 7.89. The Morgan fingerprint density at radius 3 is 2.28 bits per heavy atom. The summed E-state index contributed by atoms with van der Waals surface area (Å²) in [7, 11) is -3.18. The first-order chi connectivity index (χ1) is 11.9. The lowest BCUT2D eigenvalue weighted by molar-refractivity contribution is 0.0698. The Bertz CT molecular complexity index is 850. The molecule has 1 aromatic carbocycles. The molecular formula is C17H22N4O3S.